The van der Waals surface area contributed by atoms with E-state index in [2.05, 4.69) is 10.2 Å². The first-order chi connectivity index (χ1) is 7.59. The fourth-order valence-corrected chi connectivity index (χ4v) is 1.53. The minimum atomic E-state index is -0.691. The van der Waals surface area contributed by atoms with Gasteiger partial charge in [0.1, 0.15) is 5.69 Å². The number of aryl methyl sites for hydroxylation is 2. The summed E-state index contributed by atoms with van der Waals surface area (Å²) >= 11 is 0. The summed E-state index contributed by atoms with van der Waals surface area (Å²) < 4.78 is 3.13. The summed E-state index contributed by atoms with van der Waals surface area (Å²) in [6.07, 6.45) is 4.90. The second kappa shape index (κ2) is 3.90. The molecule has 0 aromatic carbocycles. The highest BCUT2D eigenvalue weighted by atomic mass is 16.1. The van der Waals surface area contributed by atoms with Crippen molar-refractivity contribution in [2.75, 3.05) is 0 Å². The maximum Gasteiger partial charge on any atom is 0.202 e. The van der Waals surface area contributed by atoms with Gasteiger partial charge in [-0.2, -0.15) is 10.2 Å². The molecular formula is C10H13N5O. The van der Waals surface area contributed by atoms with E-state index >= 15 is 0 Å². The van der Waals surface area contributed by atoms with E-state index in [-0.39, 0.29) is 5.78 Å². The van der Waals surface area contributed by atoms with Crippen LogP contribution in [0.25, 0.3) is 0 Å². The minimum Gasteiger partial charge on any atom is -0.317 e. The van der Waals surface area contributed by atoms with Gasteiger partial charge in [-0.05, 0) is 6.07 Å². The topological polar surface area (TPSA) is 78.7 Å². The Morgan fingerprint density at radius 3 is 2.69 bits per heavy atom. The fraction of sp³-hybridized carbons (Fsp3) is 0.300. The van der Waals surface area contributed by atoms with Gasteiger partial charge in [0.05, 0.1) is 12.2 Å². The molecule has 0 radical (unpaired) electrons. The van der Waals surface area contributed by atoms with Crippen molar-refractivity contribution in [3.05, 3.63) is 35.9 Å². The molecule has 0 saturated heterocycles. The highest BCUT2D eigenvalue weighted by Gasteiger charge is 2.21. The van der Waals surface area contributed by atoms with Crippen LogP contribution in [0.4, 0.5) is 0 Å². The molecule has 0 spiro atoms. The molecule has 0 saturated carbocycles. The lowest BCUT2D eigenvalue weighted by molar-refractivity contribution is 0.0952. The van der Waals surface area contributed by atoms with Crippen LogP contribution >= 0.6 is 0 Å². The van der Waals surface area contributed by atoms with Crippen LogP contribution in [0.5, 0.6) is 0 Å². The van der Waals surface area contributed by atoms with Crippen LogP contribution in [0.15, 0.2) is 24.7 Å². The Morgan fingerprint density at radius 1 is 1.44 bits per heavy atom. The Hall–Kier alpha value is -1.95. The Labute approximate surface area is 92.7 Å². The number of hydrogen-bond donors (Lipinski definition) is 1. The normalized spacial score (nSPS) is 12.7. The van der Waals surface area contributed by atoms with Crippen molar-refractivity contribution in [1.29, 1.82) is 0 Å². The summed E-state index contributed by atoms with van der Waals surface area (Å²) in [5, 5.41) is 7.92. The molecule has 84 valence electrons. The predicted octanol–water partition coefficient (Wildman–Crippen LogP) is 0.0363. The van der Waals surface area contributed by atoms with Gasteiger partial charge in [0.2, 0.25) is 5.78 Å². The first-order valence-corrected chi connectivity index (χ1v) is 4.86. The van der Waals surface area contributed by atoms with Gasteiger partial charge >= 0.3 is 0 Å². The van der Waals surface area contributed by atoms with Crippen molar-refractivity contribution >= 4 is 5.78 Å². The molecule has 2 aromatic heterocycles. The van der Waals surface area contributed by atoms with Crippen molar-refractivity contribution in [3.8, 4) is 0 Å². The zero-order valence-electron chi connectivity index (χ0n) is 9.16. The van der Waals surface area contributed by atoms with Gasteiger partial charge < -0.3 is 5.73 Å². The molecule has 0 aliphatic carbocycles. The van der Waals surface area contributed by atoms with Gasteiger partial charge in [0, 0.05) is 32.1 Å². The lowest BCUT2D eigenvalue weighted by Gasteiger charge is -2.07. The first-order valence-electron chi connectivity index (χ1n) is 4.86. The summed E-state index contributed by atoms with van der Waals surface area (Å²) in [6, 6.07) is 0.961. The smallest absolute Gasteiger partial charge is 0.202 e. The number of nitrogens with two attached hydrogens (primary N) is 1. The lowest BCUT2D eigenvalue weighted by atomic mass is 10.1. The van der Waals surface area contributed by atoms with Gasteiger partial charge in [0.25, 0.3) is 0 Å². The lowest BCUT2D eigenvalue weighted by Crippen LogP contribution is -2.23. The number of rotatable bonds is 3. The maximum atomic E-state index is 12.0. The highest BCUT2D eigenvalue weighted by molar-refractivity contribution is 5.99. The molecule has 0 aliphatic heterocycles. The van der Waals surface area contributed by atoms with Gasteiger partial charge in [-0.15, -0.1) is 0 Å². The molecule has 16 heavy (non-hydrogen) atoms. The maximum absolute atomic E-state index is 12.0. The van der Waals surface area contributed by atoms with Crippen LogP contribution < -0.4 is 5.73 Å². The molecule has 0 bridgehead atoms. The van der Waals surface area contributed by atoms with Crippen LogP contribution in [0.3, 0.4) is 0 Å². The summed E-state index contributed by atoms with van der Waals surface area (Å²) in [5.41, 5.74) is 7.07. The van der Waals surface area contributed by atoms with E-state index in [0.29, 0.717) is 11.3 Å². The van der Waals surface area contributed by atoms with Crippen LogP contribution in [-0.2, 0) is 14.1 Å². The average Bonchev–Trinajstić information content (AvgIpc) is 2.85. The molecule has 0 aliphatic rings. The van der Waals surface area contributed by atoms with Crippen molar-refractivity contribution in [2.45, 2.75) is 6.04 Å². The van der Waals surface area contributed by atoms with Gasteiger partial charge in [-0.25, -0.2) is 0 Å². The number of hydrogen-bond acceptors (Lipinski definition) is 4. The molecule has 0 fully saturated rings. The van der Waals surface area contributed by atoms with Crippen LogP contribution in [-0.4, -0.2) is 25.3 Å². The van der Waals surface area contributed by atoms with Gasteiger partial charge in [-0.3, -0.25) is 14.2 Å². The van der Waals surface area contributed by atoms with Crippen molar-refractivity contribution in [2.24, 2.45) is 19.8 Å². The first kappa shape index (κ1) is 10.6. The average molecular weight is 219 g/mol. The number of carbonyl (C=O) groups is 1. The molecule has 2 rings (SSSR count). The Kier molecular flexibility index (Phi) is 2.57. The molecule has 2 N–H and O–H groups in total. The number of Topliss-reactive ketones (excluding diaryl/α,β-unsaturated/α-hetero) is 1. The van der Waals surface area contributed by atoms with Crippen molar-refractivity contribution in [1.82, 2.24) is 19.6 Å². The largest absolute Gasteiger partial charge is 0.317 e. The molecule has 2 aromatic rings. The third kappa shape index (κ3) is 1.74. The van der Waals surface area contributed by atoms with E-state index < -0.39 is 6.04 Å². The number of nitrogens with zero attached hydrogens (tertiary/aromatic N) is 4. The van der Waals surface area contributed by atoms with E-state index in [1.54, 1.807) is 43.4 Å². The van der Waals surface area contributed by atoms with E-state index in [9.17, 15) is 4.79 Å². The molecule has 1 unspecified atom stereocenters. The third-order valence-electron chi connectivity index (χ3n) is 2.44. The molecule has 0 amide bonds. The quantitative estimate of drug-likeness (QED) is 0.739. The van der Waals surface area contributed by atoms with Gasteiger partial charge in [0.15, 0.2) is 0 Å². The van der Waals surface area contributed by atoms with Crippen LogP contribution in [0, 0.1) is 0 Å². The second-order valence-electron chi connectivity index (χ2n) is 3.63. The molecule has 6 nitrogen and oxygen atoms in total. The number of ketones is 1. The Morgan fingerprint density at radius 2 is 2.19 bits per heavy atom. The standard InChI is InChI=1S/C10H13N5O/c1-14-6-7(5-13-14)9(11)10(16)8-3-4-12-15(8)2/h3-6,9H,11H2,1-2H3. The summed E-state index contributed by atoms with van der Waals surface area (Å²) in [6.45, 7) is 0. The van der Waals surface area contributed by atoms with Crippen molar-refractivity contribution in [3.63, 3.8) is 0 Å². The SMILES string of the molecule is Cn1cc(C(N)C(=O)c2ccnn2C)cn1. The summed E-state index contributed by atoms with van der Waals surface area (Å²) in [5.74, 6) is -0.159. The number of carbonyl (C=O) groups excluding carboxylic acids is 1. The third-order valence-corrected chi connectivity index (χ3v) is 2.44. The van der Waals surface area contributed by atoms with Crippen LogP contribution in [0.1, 0.15) is 22.1 Å². The zero-order chi connectivity index (χ0) is 11.7. The summed E-state index contributed by atoms with van der Waals surface area (Å²) in [7, 11) is 3.49. The predicted molar refractivity (Wildman–Crippen MR) is 57.7 cm³/mol. The molecule has 2 heterocycles. The molecule has 6 heteroatoms. The summed E-state index contributed by atoms with van der Waals surface area (Å²) in [4.78, 5) is 12.0. The monoisotopic (exact) mass is 219 g/mol. The van der Waals surface area contributed by atoms with E-state index in [1.807, 2.05) is 0 Å². The Balaban J connectivity index is 2.26. The van der Waals surface area contributed by atoms with E-state index in [1.165, 1.54) is 4.68 Å². The van der Waals surface area contributed by atoms with E-state index in [4.69, 9.17) is 5.73 Å². The molecule has 1 atom stereocenters. The van der Waals surface area contributed by atoms with Crippen LogP contribution in [0.2, 0.25) is 0 Å². The van der Waals surface area contributed by atoms with E-state index in [0.717, 1.165) is 0 Å². The highest BCUT2D eigenvalue weighted by Crippen LogP contribution is 2.14. The zero-order valence-corrected chi connectivity index (χ0v) is 9.16. The second-order valence-corrected chi connectivity index (χ2v) is 3.63. The minimum absolute atomic E-state index is 0.159. The molecular weight excluding hydrogens is 206 g/mol. The number of aromatic nitrogens is 4. The van der Waals surface area contributed by atoms with Gasteiger partial charge in [-0.1, -0.05) is 0 Å². The fourth-order valence-electron chi connectivity index (χ4n) is 1.53. The Bertz CT molecular complexity index is 513. The van der Waals surface area contributed by atoms with Crippen molar-refractivity contribution < 1.29 is 4.79 Å².